The number of carboxylic acids is 1. The minimum atomic E-state index is -1.28. The quantitative estimate of drug-likeness (QED) is 0.212. The predicted octanol–water partition coefficient (Wildman–Crippen LogP) is 2.59. The van der Waals surface area contributed by atoms with Gasteiger partial charge in [0.25, 0.3) is 0 Å². The summed E-state index contributed by atoms with van der Waals surface area (Å²) in [6.07, 6.45) is 3.77. The Morgan fingerprint density at radius 1 is 1.27 bits per heavy atom. The van der Waals surface area contributed by atoms with E-state index in [4.69, 9.17) is 21.1 Å². The van der Waals surface area contributed by atoms with E-state index < -0.39 is 39.1 Å². The Kier molecular flexibility index (Phi) is 8.04. The average Bonchev–Trinajstić information content (AvgIpc) is 3.42. The molecule has 13 heteroatoms. The number of thiophene rings is 1. The first kappa shape index (κ1) is 27.5. The third-order valence-electron chi connectivity index (χ3n) is 6.61. The molecule has 6 rings (SSSR count). The van der Waals surface area contributed by atoms with Crippen molar-refractivity contribution in [3.63, 3.8) is 0 Å². The van der Waals surface area contributed by atoms with E-state index in [2.05, 4.69) is 20.9 Å². The van der Waals surface area contributed by atoms with Gasteiger partial charge in [-0.25, -0.2) is 4.39 Å². The standard InChI is InChI=1S/C27H23ClF2IN4O4S/c28-17-5-4-16(18(29)12-17)14-39-22-3-1-2-19(32-22)15-6-9-34(10-7-15)13-21-33-26-24(23(30)25(40-26)27(36)37)35(21)31-20-8-11-38-20/h1-6,12,20H,7-11,13-14H2,(H,36,37)/q-1/t20-/m0/s1. The molecule has 5 heterocycles. The van der Waals surface area contributed by atoms with Crippen molar-refractivity contribution in [2.45, 2.75) is 30.1 Å². The Hall–Kier alpha value is -2.65. The maximum atomic E-state index is 15.0. The number of aromatic carboxylic acids is 1. The van der Waals surface area contributed by atoms with Gasteiger partial charge in [0.15, 0.2) is 0 Å². The molecule has 40 heavy (non-hydrogen) atoms. The summed E-state index contributed by atoms with van der Waals surface area (Å²) in [7, 11) is 0. The van der Waals surface area contributed by atoms with E-state index in [1.54, 1.807) is 18.2 Å². The maximum absolute atomic E-state index is 15.0. The topological polar surface area (TPSA) is 89.7 Å². The summed E-state index contributed by atoms with van der Waals surface area (Å²) in [5.74, 6) is -1.27. The Bertz CT molecular complexity index is 1620. The molecule has 1 atom stereocenters. The average molecular weight is 700 g/mol. The third-order valence-corrected chi connectivity index (χ3v) is 11.1. The molecule has 0 radical (unpaired) electrons. The van der Waals surface area contributed by atoms with Crippen molar-refractivity contribution in [2.24, 2.45) is 0 Å². The molecule has 1 aromatic carbocycles. The van der Waals surface area contributed by atoms with Gasteiger partial charge in [0.2, 0.25) is 0 Å². The van der Waals surface area contributed by atoms with Crippen molar-refractivity contribution in [3.05, 3.63) is 81.1 Å². The molecule has 0 bridgehead atoms. The molecule has 3 aromatic heterocycles. The van der Waals surface area contributed by atoms with Gasteiger partial charge in [-0.3, -0.25) is 0 Å². The second-order valence-electron chi connectivity index (χ2n) is 9.28. The van der Waals surface area contributed by atoms with Crippen LogP contribution in [0.15, 0.2) is 42.5 Å². The molecular weight excluding hydrogens is 677 g/mol. The van der Waals surface area contributed by atoms with Crippen LogP contribution in [-0.2, 0) is 17.9 Å². The zero-order valence-electron chi connectivity index (χ0n) is 20.9. The van der Waals surface area contributed by atoms with Crippen LogP contribution in [0.3, 0.4) is 0 Å². The number of nitrogens with zero attached hydrogens (tertiary/aromatic N) is 4. The minimum absolute atomic E-state index is 0.0411. The summed E-state index contributed by atoms with van der Waals surface area (Å²) >= 11 is 5.95. The molecule has 1 fully saturated rings. The van der Waals surface area contributed by atoms with Crippen LogP contribution in [0.1, 0.15) is 39.6 Å². The second kappa shape index (κ2) is 11.7. The van der Waals surface area contributed by atoms with Crippen LogP contribution in [0.25, 0.3) is 15.9 Å². The molecular formula is C27H23ClF2IN4O4S-. The summed E-state index contributed by atoms with van der Waals surface area (Å²) in [6.45, 7) is 2.65. The SMILES string of the molecule is O=C(O)c1sc2nc(CN3CC=C(c4cccc(OCc5ccc(Cl)cc5F)n4)CC3)n([I-][C@@H]3CCO3)c2c1F. The van der Waals surface area contributed by atoms with Crippen LogP contribution in [0.4, 0.5) is 8.78 Å². The molecule has 2 aliphatic heterocycles. The van der Waals surface area contributed by atoms with Crippen molar-refractivity contribution in [2.75, 3.05) is 19.7 Å². The van der Waals surface area contributed by atoms with Gasteiger partial charge < -0.3 is 0 Å². The molecule has 1 saturated heterocycles. The van der Waals surface area contributed by atoms with Gasteiger partial charge in [-0.15, -0.1) is 0 Å². The zero-order chi connectivity index (χ0) is 27.8. The molecule has 0 spiro atoms. The fraction of sp³-hybridized carbons (Fsp3) is 0.296. The molecule has 4 aromatic rings. The van der Waals surface area contributed by atoms with Gasteiger partial charge in [-0.2, -0.15) is 0 Å². The van der Waals surface area contributed by atoms with Crippen molar-refractivity contribution in [1.29, 1.82) is 0 Å². The number of ether oxygens (including phenoxy) is 2. The molecule has 210 valence electrons. The Balaban J connectivity index is 1.15. The predicted molar refractivity (Wildman–Crippen MR) is 142 cm³/mol. The van der Waals surface area contributed by atoms with Crippen LogP contribution < -0.4 is 26.2 Å². The zero-order valence-corrected chi connectivity index (χ0v) is 24.7. The van der Waals surface area contributed by atoms with Crippen LogP contribution in [0.5, 0.6) is 5.88 Å². The van der Waals surface area contributed by atoms with E-state index in [1.165, 1.54) is 6.07 Å². The van der Waals surface area contributed by atoms with Gasteiger partial charge >= 0.3 is 198 Å². The number of pyridine rings is 1. The Labute approximate surface area is 247 Å². The van der Waals surface area contributed by atoms with E-state index in [-0.39, 0.29) is 21.1 Å². The van der Waals surface area contributed by atoms with Crippen molar-refractivity contribution >= 4 is 44.8 Å². The summed E-state index contributed by atoms with van der Waals surface area (Å²) in [5.41, 5.74) is 2.56. The van der Waals surface area contributed by atoms with Gasteiger partial charge in [0.1, 0.15) is 5.82 Å². The monoisotopic (exact) mass is 699 g/mol. The van der Waals surface area contributed by atoms with Crippen molar-refractivity contribution in [3.8, 4) is 5.88 Å². The number of benzene rings is 1. The van der Waals surface area contributed by atoms with Gasteiger partial charge in [-0.1, -0.05) is 17.7 Å². The van der Waals surface area contributed by atoms with E-state index in [0.29, 0.717) is 41.0 Å². The fourth-order valence-corrected chi connectivity index (χ4v) is 8.50. The number of hydrogen-bond donors (Lipinski definition) is 1. The van der Waals surface area contributed by atoms with Crippen LogP contribution in [-0.4, -0.2) is 52.5 Å². The third kappa shape index (κ3) is 5.73. The van der Waals surface area contributed by atoms with E-state index in [0.717, 1.165) is 47.8 Å². The molecule has 1 N–H and O–H groups in total. The van der Waals surface area contributed by atoms with E-state index in [1.807, 2.05) is 14.9 Å². The number of imidazole rings is 1. The summed E-state index contributed by atoms with van der Waals surface area (Å²) in [4.78, 5) is 23.0. The number of aromatic nitrogens is 3. The van der Waals surface area contributed by atoms with Crippen molar-refractivity contribution < 1.29 is 49.6 Å². The molecule has 0 aliphatic carbocycles. The number of carbonyl (C=O) groups is 1. The van der Waals surface area contributed by atoms with E-state index >= 15 is 4.39 Å². The first-order valence-corrected chi connectivity index (χ1v) is 15.9. The molecule has 2 aliphatic rings. The van der Waals surface area contributed by atoms with Gasteiger partial charge in [0.05, 0.1) is 0 Å². The first-order chi connectivity index (χ1) is 19.4. The second-order valence-corrected chi connectivity index (χ2v) is 13.6. The molecule has 8 nitrogen and oxygen atoms in total. The molecule has 0 unspecified atom stereocenters. The number of hydrogen-bond acceptors (Lipinski definition) is 7. The number of halogens is 4. The number of carboxylic acid groups (broad SMARTS) is 1. The first-order valence-electron chi connectivity index (χ1n) is 12.5. The number of rotatable bonds is 9. The summed E-state index contributed by atoms with van der Waals surface area (Å²) in [6, 6.07) is 9.99. The van der Waals surface area contributed by atoms with Crippen LogP contribution in [0.2, 0.25) is 5.02 Å². The summed E-state index contributed by atoms with van der Waals surface area (Å²) in [5, 5.41) is 9.68. The van der Waals surface area contributed by atoms with Gasteiger partial charge in [0, 0.05) is 10.6 Å². The normalized spacial score (nSPS) is 17.7. The van der Waals surface area contributed by atoms with Crippen LogP contribution in [0, 0.1) is 11.6 Å². The number of fused-ring (bicyclic) bond motifs is 1. The Morgan fingerprint density at radius 2 is 2.12 bits per heavy atom. The summed E-state index contributed by atoms with van der Waals surface area (Å²) < 4.78 is 42.5. The molecule has 0 amide bonds. The van der Waals surface area contributed by atoms with Crippen molar-refractivity contribution in [1.82, 2.24) is 17.6 Å². The number of alkyl halides is 1. The van der Waals surface area contributed by atoms with E-state index in [9.17, 15) is 14.3 Å². The Morgan fingerprint density at radius 3 is 2.83 bits per heavy atom. The fourth-order valence-electron chi connectivity index (χ4n) is 4.41. The van der Waals surface area contributed by atoms with Crippen LogP contribution >= 0.6 is 22.9 Å². The van der Waals surface area contributed by atoms with Gasteiger partial charge in [-0.05, 0) is 12.1 Å². The molecule has 0 saturated carbocycles.